The molecule has 1 aromatic rings. The molecule has 5 heteroatoms. The van der Waals surface area contributed by atoms with Crippen LogP contribution in [-0.2, 0) is 0 Å². The van der Waals surface area contributed by atoms with E-state index in [2.05, 4.69) is 34.3 Å². The highest BCUT2D eigenvalue weighted by Gasteiger charge is 2.08. The molecule has 1 atom stereocenters. The molecule has 14 heavy (non-hydrogen) atoms. The van der Waals surface area contributed by atoms with Gasteiger partial charge in [-0.1, -0.05) is 6.92 Å². The first-order valence-corrected chi connectivity index (χ1v) is 6.09. The van der Waals surface area contributed by atoms with Crippen LogP contribution in [-0.4, -0.2) is 33.2 Å². The van der Waals surface area contributed by atoms with Crippen molar-refractivity contribution in [1.82, 2.24) is 20.5 Å². The van der Waals surface area contributed by atoms with Gasteiger partial charge in [-0.3, -0.25) is 5.10 Å². The molecule has 1 heterocycles. The molecule has 0 bridgehead atoms. The van der Waals surface area contributed by atoms with Crippen LogP contribution in [0.3, 0.4) is 0 Å². The highest BCUT2D eigenvalue weighted by molar-refractivity contribution is 7.99. The molecule has 0 saturated carbocycles. The lowest BCUT2D eigenvalue weighted by Gasteiger charge is -2.09. The van der Waals surface area contributed by atoms with E-state index in [1.807, 2.05) is 18.7 Å². The molecule has 2 N–H and O–H groups in total. The van der Waals surface area contributed by atoms with Crippen LogP contribution >= 0.6 is 11.8 Å². The van der Waals surface area contributed by atoms with Gasteiger partial charge < -0.3 is 5.32 Å². The monoisotopic (exact) mass is 214 g/mol. The molecule has 1 unspecified atom stereocenters. The molecule has 0 spiro atoms. The van der Waals surface area contributed by atoms with Crippen LogP contribution in [0, 0.1) is 6.92 Å². The van der Waals surface area contributed by atoms with Gasteiger partial charge in [0.1, 0.15) is 5.82 Å². The minimum atomic E-state index is 0.234. The fourth-order valence-corrected chi connectivity index (χ4v) is 1.69. The number of nitrogens with zero attached hydrogens (tertiary/aromatic N) is 2. The zero-order valence-electron chi connectivity index (χ0n) is 9.00. The smallest absolute Gasteiger partial charge is 0.167 e. The zero-order chi connectivity index (χ0) is 10.4. The first-order valence-electron chi connectivity index (χ1n) is 4.94. The van der Waals surface area contributed by atoms with Gasteiger partial charge in [0.05, 0.1) is 6.04 Å². The minimum Gasteiger partial charge on any atom is -0.307 e. The van der Waals surface area contributed by atoms with Gasteiger partial charge in [0, 0.05) is 12.3 Å². The van der Waals surface area contributed by atoms with Gasteiger partial charge in [0.15, 0.2) is 5.82 Å². The van der Waals surface area contributed by atoms with Gasteiger partial charge in [0.25, 0.3) is 0 Å². The SMILES string of the molecule is CCSCCNC(C)c1n[nH]c(C)n1. The largest absolute Gasteiger partial charge is 0.307 e. The lowest BCUT2D eigenvalue weighted by atomic mass is 10.3. The first kappa shape index (κ1) is 11.5. The van der Waals surface area contributed by atoms with E-state index < -0.39 is 0 Å². The molecule has 0 aromatic carbocycles. The highest BCUT2D eigenvalue weighted by Crippen LogP contribution is 2.05. The molecule has 0 aliphatic heterocycles. The maximum absolute atomic E-state index is 4.27. The molecule has 1 aromatic heterocycles. The maximum atomic E-state index is 4.27. The summed E-state index contributed by atoms with van der Waals surface area (Å²) in [6.07, 6.45) is 0. The van der Waals surface area contributed by atoms with Crippen LogP contribution in [0.25, 0.3) is 0 Å². The Morgan fingerprint density at radius 1 is 1.57 bits per heavy atom. The Labute approximate surface area is 89.3 Å². The van der Waals surface area contributed by atoms with Gasteiger partial charge in [-0.05, 0) is 19.6 Å². The number of aromatic nitrogens is 3. The highest BCUT2D eigenvalue weighted by atomic mass is 32.2. The van der Waals surface area contributed by atoms with Crippen molar-refractivity contribution < 1.29 is 0 Å². The summed E-state index contributed by atoms with van der Waals surface area (Å²) < 4.78 is 0. The number of nitrogens with one attached hydrogen (secondary N) is 2. The molecule has 4 nitrogen and oxygen atoms in total. The predicted molar refractivity (Wildman–Crippen MR) is 60.5 cm³/mol. The van der Waals surface area contributed by atoms with Crippen molar-refractivity contribution in [3.05, 3.63) is 11.6 Å². The third-order valence-electron chi connectivity index (χ3n) is 1.90. The molecule has 1 rings (SSSR count). The summed E-state index contributed by atoms with van der Waals surface area (Å²) in [6.45, 7) is 7.18. The number of thioether (sulfide) groups is 1. The van der Waals surface area contributed by atoms with Crippen LogP contribution in [0.15, 0.2) is 0 Å². The molecule has 0 saturated heterocycles. The van der Waals surface area contributed by atoms with Crippen LogP contribution < -0.4 is 5.32 Å². The average molecular weight is 214 g/mol. The van der Waals surface area contributed by atoms with Crippen molar-refractivity contribution in [2.75, 3.05) is 18.1 Å². The molecule has 0 aliphatic carbocycles. The van der Waals surface area contributed by atoms with E-state index in [9.17, 15) is 0 Å². The van der Waals surface area contributed by atoms with Gasteiger partial charge in [-0.25, -0.2) is 4.98 Å². The van der Waals surface area contributed by atoms with E-state index in [1.54, 1.807) is 0 Å². The summed E-state index contributed by atoms with van der Waals surface area (Å²) in [5, 5.41) is 10.3. The third-order valence-corrected chi connectivity index (χ3v) is 2.80. The van der Waals surface area contributed by atoms with Crippen LogP contribution in [0.4, 0.5) is 0 Å². The second kappa shape index (κ2) is 6.03. The van der Waals surface area contributed by atoms with Crippen molar-refractivity contribution in [1.29, 1.82) is 0 Å². The van der Waals surface area contributed by atoms with E-state index in [-0.39, 0.29) is 6.04 Å². The van der Waals surface area contributed by atoms with Crippen LogP contribution in [0.1, 0.15) is 31.5 Å². The van der Waals surface area contributed by atoms with E-state index in [0.717, 1.165) is 23.9 Å². The lowest BCUT2D eigenvalue weighted by Crippen LogP contribution is -2.22. The van der Waals surface area contributed by atoms with Crippen LogP contribution in [0.2, 0.25) is 0 Å². The third kappa shape index (κ3) is 3.67. The average Bonchev–Trinajstić information content (AvgIpc) is 2.59. The van der Waals surface area contributed by atoms with Crippen molar-refractivity contribution >= 4 is 11.8 Å². The quantitative estimate of drug-likeness (QED) is 0.705. The van der Waals surface area contributed by atoms with E-state index in [1.165, 1.54) is 5.75 Å². The lowest BCUT2D eigenvalue weighted by molar-refractivity contribution is 0.571. The van der Waals surface area contributed by atoms with Crippen molar-refractivity contribution in [3.63, 3.8) is 0 Å². The Bertz CT molecular complexity index is 261. The molecule has 0 amide bonds. The number of aromatic amines is 1. The number of hydrogen-bond acceptors (Lipinski definition) is 4. The van der Waals surface area contributed by atoms with Crippen LogP contribution in [0.5, 0.6) is 0 Å². The second-order valence-corrected chi connectivity index (χ2v) is 4.55. The minimum absolute atomic E-state index is 0.234. The van der Waals surface area contributed by atoms with Gasteiger partial charge in [-0.2, -0.15) is 16.9 Å². The topological polar surface area (TPSA) is 53.6 Å². The van der Waals surface area contributed by atoms with Crippen molar-refractivity contribution in [2.24, 2.45) is 0 Å². The fourth-order valence-electron chi connectivity index (χ4n) is 1.14. The molecule has 80 valence electrons. The number of rotatable bonds is 6. The summed E-state index contributed by atoms with van der Waals surface area (Å²) in [7, 11) is 0. The van der Waals surface area contributed by atoms with Gasteiger partial charge in [0.2, 0.25) is 0 Å². The Kier molecular flexibility index (Phi) is 4.97. The van der Waals surface area contributed by atoms with Crippen molar-refractivity contribution in [3.8, 4) is 0 Å². The molecule has 0 fully saturated rings. The normalized spacial score (nSPS) is 13.1. The Hall–Kier alpha value is -0.550. The Morgan fingerprint density at radius 3 is 2.93 bits per heavy atom. The number of H-pyrrole nitrogens is 1. The molecular weight excluding hydrogens is 196 g/mol. The van der Waals surface area contributed by atoms with E-state index in [4.69, 9.17) is 0 Å². The maximum Gasteiger partial charge on any atom is 0.167 e. The Balaban J connectivity index is 2.25. The Morgan fingerprint density at radius 2 is 2.36 bits per heavy atom. The molecule has 0 aliphatic rings. The summed E-state index contributed by atoms with van der Waals surface area (Å²) in [5.41, 5.74) is 0. The molecular formula is C9H18N4S. The summed E-state index contributed by atoms with van der Waals surface area (Å²) in [6, 6.07) is 0.234. The standard InChI is InChI=1S/C9H18N4S/c1-4-14-6-5-10-7(2)9-11-8(3)12-13-9/h7,10H,4-6H2,1-3H3,(H,11,12,13). The second-order valence-electron chi connectivity index (χ2n) is 3.15. The van der Waals surface area contributed by atoms with Gasteiger partial charge >= 0.3 is 0 Å². The fraction of sp³-hybridized carbons (Fsp3) is 0.778. The molecule has 0 radical (unpaired) electrons. The first-order chi connectivity index (χ1) is 6.74. The van der Waals surface area contributed by atoms with E-state index >= 15 is 0 Å². The number of hydrogen-bond donors (Lipinski definition) is 2. The zero-order valence-corrected chi connectivity index (χ0v) is 9.82. The van der Waals surface area contributed by atoms with E-state index in [0.29, 0.717) is 0 Å². The van der Waals surface area contributed by atoms with Crippen molar-refractivity contribution in [2.45, 2.75) is 26.8 Å². The summed E-state index contributed by atoms with van der Waals surface area (Å²) >= 11 is 1.94. The van der Waals surface area contributed by atoms with Gasteiger partial charge in [-0.15, -0.1) is 0 Å². The summed E-state index contributed by atoms with van der Waals surface area (Å²) in [4.78, 5) is 4.27. The summed E-state index contributed by atoms with van der Waals surface area (Å²) in [5.74, 6) is 4.04. The predicted octanol–water partition coefficient (Wildman–Crippen LogP) is 1.52. The number of aryl methyl sites for hydroxylation is 1.